The Bertz CT molecular complexity index is 681. The third-order valence-corrected chi connectivity index (χ3v) is 7.70. The summed E-state index contributed by atoms with van der Waals surface area (Å²) in [5.74, 6) is 1.09. The van der Waals surface area contributed by atoms with Gasteiger partial charge in [-0.1, -0.05) is 18.9 Å². The molecule has 0 aromatic carbocycles. The SMILES string of the molecule is O=C(N1C[C@@H]2CC[C@H]1CN(Cc1ccccn1)C2)C1(N2CCCC2)CCCC1. The average molecular weight is 383 g/mol. The summed E-state index contributed by atoms with van der Waals surface area (Å²) < 4.78 is 0. The van der Waals surface area contributed by atoms with Crippen molar-refractivity contribution in [3.63, 3.8) is 0 Å². The van der Waals surface area contributed by atoms with E-state index in [1.807, 2.05) is 12.3 Å². The fourth-order valence-corrected chi connectivity index (χ4v) is 6.32. The number of nitrogens with zero attached hydrogens (tertiary/aromatic N) is 4. The molecule has 5 nitrogen and oxygen atoms in total. The van der Waals surface area contributed by atoms with Crippen LogP contribution < -0.4 is 0 Å². The molecule has 152 valence electrons. The van der Waals surface area contributed by atoms with Gasteiger partial charge in [-0.25, -0.2) is 0 Å². The molecule has 1 aromatic rings. The maximum absolute atomic E-state index is 14.0. The van der Waals surface area contributed by atoms with Gasteiger partial charge in [-0.05, 0) is 69.7 Å². The molecule has 5 heteroatoms. The zero-order valence-corrected chi connectivity index (χ0v) is 17.1. The van der Waals surface area contributed by atoms with Crippen LogP contribution in [0.5, 0.6) is 0 Å². The van der Waals surface area contributed by atoms with E-state index in [1.165, 1.54) is 38.5 Å². The minimum absolute atomic E-state index is 0.174. The first-order valence-electron chi connectivity index (χ1n) is 11.4. The zero-order chi connectivity index (χ0) is 19.0. The number of pyridine rings is 1. The molecule has 4 saturated heterocycles. The van der Waals surface area contributed by atoms with Crippen molar-refractivity contribution in [2.75, 3.05) is 32.7 Å². The Morgan fingerprint density at radius 3 is 2.61 bits per heavy atom. The second-order valence-electron chi connectivity index (χ2n) is 9.50. The molecule has 1 amide bonds. The number of hydrogen-bond acceptors (Lipinski definition) is 4. The maximum Gasteiger partial charge on any atom is 0.243 e. The third-order valence-electron chi connectivity index (χ3n) is 7.70. The van der Waals surface area contributed by atoms with E-state index in [0.717, 1.165) is 57.8 Å². The Hall–Kier alpha value is -1.46. The molecule has 0 N–H and O–H groups in total. The van der Waals surface area contributed by atoms with Crippen molar-refractivity contribution in [3.05, 3.63) is 30.1 Å². The molecule has 6 rings (SSSR count). The predicted molar refractivity (Wildman–Crippen MR) is 110 cm³/mol. The first-order valence-corrected chi connectivity index (χ1v) is 11.4. The highest BCUT2D eigenvalue weighted by molar-refractivity contribution is 5.87. The lowest BCUT2D eigenvalue weighted by atomic mass is 9.88. The number of amides is 1. The number of piperidine rings is 1. The van der Waals surface area contributed by atoms with Crippen LogP contribution in [0.15, 0.2) is 24.4 Å². The van der Waals surface area contributed by atoms with Crippen LogP contribution in [0.2, 0.25) is 0 Å². The molecule has 0 spiro atoms. The second kappa shape index (κ2) is 7.75. The Balaban J connectivity index is 1.34. The van der Waals surface area contributed by atoms with Crippen molar-refractivity contribution in [2.45, 2.75) is 69.5 Å². The molecular formula is C23H34N4O. The highest BCUT2D eigenvalue weighted by atomic mass is 16.2. The summed E-state index contributed by atoms with van der Waals surface area (Å²) in [4.78, 5) is 25.9. The molecule has 0 unspecified atom stereocenters. The van der Waals surface area contributed by atoms with Gasteiger partial charge in [0, 0.05) is 38.4 Å². The number of carbonyl (C=O) groups is 1. The fraction of sp³-hybridized carbons (Fsp3) is 0.739. The molecule has 1 aromatic heterocycles. The van der Waals surface area contributed by atoms with Crippen molar-refractivity contribution in [1.29, 1.82) is 0 Å². The summed E-state index contributed by atoms with van der Waals surface area (Å²) in [6, 6.07) is 6.56. The van der Waals surface area contributed by atoms with Crippen LogP contribution in [-0.4, -0.2) is 69.9 Å². The number of rotatable bonds is 4. The maximum atomic E-state index is 14.0. The Labute approximate surface area is 169 Å². The number of likely N-dealkylation sites (tertiary alicyclic amines) is 1. The molecule has 2 bridgehead atoms. The Kier molecular flexibility index (Phi) is 5.14. The molecule has 5 fully saturated rings. The molecule has 4 aliphatic heterocycles. The van der Waals surface area contributed by atoms with Gasteiger partial charge >= 0.3 is 0 Å². The topological polar surface area (TPSA) is 39.7 Å². The molecule has 1 aliphatic carbocycles. The van der Waals surface area contributed by atoms with Crippen molar-refractivity contribution >= 4 is 5.91 Å². The molecule has 28 heavy (non-hydrogen) atoms. The van der Waals surface area contributed by atoms with Gasteiger partial charge in [0.1, 0.15) is 5.54 Å². The monoisotopic (exact) mass is 382 g/mol. The van der Waals surface area contributed by atoms with E-state index < -0.39 is 0 Å². The summed E-state index contributed by atoms with van der Waals surface area (Å²) >= 11 is 0. The number of carbonyl (C=O) groups excluding carboxylic acids is 1. The zero-order valence-electron chi connectivity index (χ0n) is 17.1. The van der Waals surface area contributed by atoms with Crippen molar-refractivity contribution in [3.8, 4) is 0 Å². The second-order valence-corrected chi connectivity index (χ2v) is 9.50. The highest BCUT2D eigenvalue weighted by Gasteiger charge is 2.51. The predicted octanol–water partition coefficient (Wildman–Crippen LogP) is 2.91. The summed E-state index contributed by atoms with van der Waals surface area (Å²) in [6.07, 6.45) is 11.4. The molecule has 2 atom stereocenters. The summed E-state index contributed by atoms with van der Waals surface area (Å²) in [6.45, 7) is 6.24. The normalized spacial score (nSPS) is 30.6. The fourth-order valence-electron chi connectivity index (χ4n) is 6.32. The number of aromatic nitrogens is 1. The first kappa shape index (κ1) is 18.6. The van der Waals surface area contributed by atoms with Crippen LogP contribution in [0.25, 0.3) is 0 Å². The van der Waals surface area contributed by atoms with E-state index in [4.69, 9.17) is 0 Å². The lowest BCUT2D eigenvalue weighted by Crippen LogP contribution is -2.61. The molecule has 5 aliphatic rings. The molecule has 5 heterocycles. The molecule has 1 saturated carbocycles. The van der Waals surface area contributed by atoms with E-state index in [9.17, 15) is 4.79 Å². The summed E-state index contributed by atoms with van der Waals surface area (Å²) in [5.41, 5.74) is 0.971. The minimum Gasteiger partial charge on any atom is -0.336 e. The first-order chi connectivity index (χ1) is 13.7. The van der Waals surface area contributed by atoms with Gasteiger partial charge in [0.25, 0.3) is 0 Å². The van der Waals surface area contributed by atoms with Gasteiger partial charge in [0.2, 0.25) is 5.91 Å². The van der Waals surface area contributed by atoms with Gasteiger partial charge in [0.15, 0.2) is 0 Å². The van der Waals surface area contributed by atoms with E-state index in [1.54, 1.807) is 0 Å². The quantitative estimate of drug-likeness (QED) is 0.803. The largest absolute Gasteiger partial charge is 0.336 e. The van der Waals surface area contributed by atoms with Gasteiger partial charge in [-0.15, -0.1) is 0 Å². The van der Waals surface area contributed by atoms with Crippen LogP contribution in [-0.2, 0) is 11.3 Å². The van der Waals surface area contributed by atoms with Crippen LogP contribution in [0.1, 0.15) is 57.1 Å². The van der Waals surface area contributed by atoms with Crippen molar-refractivity contribution in [1.82, 2.24) is 19.7 Å². The van der Waals surface area contributed by atoms with Gasteiger partial charge in [-0.2, -0.15) is 0 Å². The van der Waals surface area contributed by atoms with E-state index in [2.05, 4.69) is 31.8 Å². The van der Waals surface area contributed by atoms with Crippen LogP contribution in [0.3, 0.4) is 0 Å². The Morgan fingerprint density at radius 1 is 1.04 bits per heavy atom. The van der Waals surface area contributed by atoms with Gasteiger partial charge in [-0.3, -0.25) is 19.6 Å². The third kappa shape index (κ3) is 3.37. The smallest absolute Gasteiger partial charge is 0.243 e. The average Bonchev–Trinajstić information content (AvgIpc) is 3.36. The van der Waals surface area contributed by atoms with Crippen LogP contribution >= 0.6 is 0 Å². The standard InChI is InChI=1S/C23H34N4O/c28-22(23(10-2-3-11-23)26-13-5-6-14-26)27-16-19-8-9-21(27)18-25(15-19)17-20-7-1-4-12-24-20/h1,4,7,12,19,21H,2-3,5-6,8-11,13-18H2/t19-,21+/m1/s1. The van der Waals surface area contributed by atoms with E-state index in [-0.39, 0.29) is 5.54 Å². The highest BCUT2D eigenvalue weighted by Crippen LogP contribution is 2.41. The van der Waals surface area contributed by atoms with Gasteiger partial charge < -0.3 is 4.90 Å². The van der Waals surface area contributed by atoms with Crippen LogP contribution in [0.4, 0.5) is 0 Å². The lowest BCUT2D eigenvalue weighted by Gasteiger charge is -2.45. The van der Waals surface area contributed by atoms with Crippen molar-refractivity contribution in [2.24, 2.45) is 5.92 Å². The number of fused-ring (bicyclic) bond motifs is 4. The molecular weight excluding hydrogens is 348 g/mol. The van der Waals surface area contributed by atoms with E-state index in [0.29, 0.717) is 17.9 Å². The number of hydrogen-bond donors (Lipinski definition) is 0. The van der Waals surface area contributed by atoms with Crippen LogP contribution in [0, 0.1) is 5.92 Å². The van der Waals surface area contributed by atoms with Gasteiger partial charge in [0.05, 0.1) is 5.69 Å². The minimum atomic E-state index is -0.174. The summed E-state index contributed by atoms with van der Waals surface area (Å²) in [7, 11) is 0. The Morgan fingerprint density at radius 2 is 1.86 bits per heavy atom. The summed E-state index contributed by atoms with van der Waals surface area (Å²) in [5, 5.41) is 0. The van der Waals surface area contributed by atoms with E-state index >= 15 is 0 Å². The molecule has 0 radical (unpaired) electrons. The van der Waals surface area contributed by atoms with Crippen molar-refractivity contribution < 1.29 is 4.79 Å². The lowest BCUT2D eigenvalue weighted by molar-refractivity contribution is -0.148.